The number of aryl methyl sites for hydroxylation is 1. The first-order valence-corrected chi connectivity index (χ1v) is 7.23. The summed E-state index contributed by atoms with van der Waals surface area (Å²) >= 11 is 0. The molecule has 0 spiro atoms. The maximum atomic E-state index is 11.7. The van der Waals surface area contributed by atoms with Crippen LogP contribution in [0.3, 0.4) is 0 Å². The van der Waals surface area contributed by atoms with Crippen LogP contribution in [-0.4, -0.2) is 36.9 Å². The zero-order valence-electron chi connectivity index (χ0n) is 9.83. The molecule has 17 heavy (non-hydrogen) atoms. The SMILES string of the molecule is CC[C@H](CO)NS(=O)(=O)CCc1ccccn1. The number of nitrogens with one attached hydrogen (secondary N) is 1. The molecule has 0 aliphatic rings. The van der Waals surface area contributed by atoms with Crippen LogP contribution >= 0.6 is 0 Å². The number of aliphatic hydroxyl groups excluding tert-OH is 1. The maximum absolute atomic E-state index is 11.7. The lowest BCUT2D eigenvalue weighted by Crippen LogP contribution is -2.38. The van der Waals surface area contributed by atoms with Crippen LogP contribution < -0.4 is 4.72 Å². The molecule has 2 N–H and O–H groups in total. The molecule has 1 rings (SSSR count). The normalized spacial score (nSPS) is 13.5. The van der Waals surface area contributed by atoms with Crippen molar-refractivity contribution in [2.75, 3.05) is 12.4 Å². The minimum absolute atomic E-state index is 0.0134. The molecule has 0 saturated carbocycles. The number of hydrogen-bond acceptors (Lipinski definition) is 4. The van der Waals surface area contributed by atoms with Gasteiger partial charge in [0.2, 0.25) is 10.0 Å². The number of sulfonamides is 1. The van der Waals surface area contributed by atoms with Crippen LogP contribution in [-0.2, 0) is 16.4 Å². The first-order chi connectivity index (χ1) is 8.07. The fourth-order valence-corrected chi connectivity index (χ4v) is 2.69. The van der Waals surface area contributed by atoms with Gasteiger partial charge in [0.05, 0.1) is 12.4 Å². The van der Waals surface area contributed by atoms with Gasteiger partial charge in [-0.3, -0.25) is 4.98 Å². The molecule has 0 unspecified atom stereocenters. The van der Waals surface area contributed by atoms with Gasteiger partial charge in [-0.15, -0.1) is 0 Å². The van der Waals surface area contributed by atoms with Crippen LogP contribution in [0.15, 0.2) is 24.4 Å². The molecule has 1 aromatic heterocycles. The molecular formula is C11H18N2O3S. The molecule has 0 amide bonds. The summed E-state index contributed by atoms with van der Waals surface area (Å²) in [6, 6.07) is 5.00. The average molecular weight is 258 g/mol. The molecule has 1 heterocycles. The quantitative estimate of drug-likeness (QED) is 0.738. The van der Waals surface area contributed by atoms with E-state index in [0.29, 0.717) is 12.8 Å². The van der Waals surface area contributed by atoms with Gasteiger partial charge in [-0.25, -0.2) is 13.1 Å². The van der Waals surface area contributed by atoms with E-state index >= 15 is 0 Å². The standard InChI is InChI=1S/C11H18N2O3S/c1-2-10(9-14)13-17(15,16)8-6-11-5-3-4-7-12-11/h3-5,7,10,13-14H,2,6,8-9H2,1H3/t10-/m1/s1. The summed E-state index contributed by atoms with van der Waals surface area (Å²) in [6.45, 7) is 1.64. The smallest absolute Gasteiger partial charge is 0.212 e. The zero-order valence-corrected chi connectivity index (χ0v) is 10.7. The topological polar surface area (TPSA) is 79.3 Å². The molecule has 1 atom stereocenters. The summed E-state index contributed by atoms with van der Waals surface area (Å²) in [7, 11) is -3.35. The minimum Gasteiger partial charge on any atom is -0.395 e. The van der Waals surface area contributed by atoms with Crippen molar-refractivity contribution in [3.8, 4) is 0 Å². The monoisotopic (exact) mass is 258 g/mol. The highest BCUT2D eigenvalue weighted by molar-refractivity contribution is 7.89. The third kappa shape index (κ3) is 5.25. The van der Waals surface area contributed by atoms with Crippen LogP contribution in [0.25, 0.3) is 0 Å². The van der Waals surface area contributed by atoms with E-state index in [1.165, 1.54) is 0 Å². The summed E-state index contributed by atoms with van der Waals surface area (Å²) in [4.78, 5) is 4.06. The lowest BCUT2D eigenvalue weighted by Gasteiger charge is -2.13. The van der Waals surface area contributed by atoms with Crippen molar-refractivity contribution in [1.29, 1.82) is 0 Å². The Bertz CT molecular complexity index is 416. The maximum Gasteiger partial charge on any atom is 0.212 e. The van der Waals surface area contributed by atoms with Gasteiger partial charge in [-0.2, -0.15) is 0 Å². The highest BCUT2D eigenvalue weighted by Gasteiger charge is 2.15. The molecule has 0 bridgehead atoms. The molecule has 0 saturated heterocycles. The van der Waals surface area contributed by atoms with E-state index in [-0.39, 0.29) is 12.4 Å². The molecule has 1 aromatic rings. The van der Waals surface area contributed by atoms with Gasteiger partial charge in [0.15, 0.2) is 0 Å². The van der Waals surface area contributed by atoms with E-state index in [4.69, 9.17) is 5.11 Å². The van der Waals surface area contributed by atoms with E-state index in [1.54, 1.807) is 18.3 Å². The molecule has 96 valence electrons. The van der Waals surface area contributed by atoms with Gasteiger partial charge in [0.1, 0.15) is 0 Å². The Hall–Kier alpha value is -0.980. The number of pyridine rings is 1. The minimum atomic E-state index is -3.35. The summed E-state index contributed by atoms with van der Waals surface area (Å²) in [5, 5.41) is 8.94. The van der Waals surface area contributed by atoms with Gasteiger partial charge in [0.25, 0.3) is 0 Å². The summed E-state index contributed by atoms with van der Waals surface area (Å²) in [6.07, 6.45) is 2.58. The first kappa shape index (κ1) is 14.1. The Morgan fingerprint density at radius 3 is 2.76 bits per heavy atom. The number of rotatable bonds is 7. The number of hydrogen-bond donors (Lipinski definition) is 2. The van der Waals surface area contributed by atoms with Gasteiger partial charge in [-0.1, -0.05) is 13.0 Å². The zero-order chi connectivity index (χ0) is 12.7. The Morgan fingerprint density at radius 2 is 2.24 bits per heavy atom. The van der Waals surface area contributed by atoms with Crippen LogP contribution in [0.1, 0.15) is 19.0 Å². The van der Waals surface area contributed by atoms with Crippen LogP contribution in [0.2, 0.25) is 0 Å². The van der Waals surface area contributed by atoms with Crippen molar-refractivity contribution in [1.82, 2.24) is 9.71 Å². The van der Waals surface area contributed by atoms with Gasteiger partial charge in [0, 0.05) is 24.4 Å². The molecule has 0 aromatic carbocycles. The van der Waals surface area contributed by atoms with Crippen molar-refractivity contribution in [2.24, 2.45) is 0 Å². The van der Waals surface area contributed by atoms with E-state index in [0.717, 1.165) is 5.69 Å². The Kier molecular flexibility index (Phi) is 5.54. The first-order valence-electron chi connectivity index (χ1n) is 5.58. The third-order valence-corrected chi connectivity index (χ3v) is 3.85. The van der Waals surface area contributed by atoms with Crippen molar-refractivity contribution >= 4 is 10.0 Å². The molecule has 0 radical (unpaired) electrons. The second-order valence-corrected chi connectivity index (χ2v) is 5.67. The molecule has 0 fully saturated rings. The summed E-state index contributed by atoms with van der Waals surface area (Å²) < 4.78 is 25.8. The second-order valence-electron chi connectivity index (χ2n) is 3.80. The van der Waals surface area contributed by atoms with E-state index < -0.39 is 16.1 Å². The molecular weight excluding hydrogens is 240 g/mol. The third-order valence-electron chi connectivity index (χ3n) is 2.41. The van der Waals surface area contributed by atoms with E-state index in [9.17, 15) is 8.42 Å². The van der Waals surface area contributed by atoms with E-state index in [1.807, 2.05) is 13.0 Å². The molecule has 0 aliphatic heterocycles. The fourth-order valence-electron chi connectivity index (χ4n) is 1.35. The lowest BCUT2D eigenvalue weighted by atomic mass is 10.3. The van der Waals surface area contributed by atoms with E-state index in [2.05, 4.69) is 9.71 Å². The highest BCUT2D eigenvalue weighted by atomic mass is 32.2. The van der Waals surface area contributed by atoms with Crippen LogP contribution in [0.5, 0.6) is 0 Å². The summed E-state index contributed by atoms with van der Waals surface area (Å²) in [5.41, 5.74) is 0.745. The van der Waals surface area contributed by atoms with Crippen LogP contribution in [0.4, 0.5) is 0 Å². The van der Waals surface area contributed by atoms with Gasteiger partial charge >= 0.3 is 0 Å². The number of aliphatic hydroxyl groups is 1. The highest BCUT2D eigenvalue weighted by Crippen LogP contribution is 1.99. The van der Waals surface area contributed by atoms with Crippen molar-refractivity contribution in [3.05, 3.63) is 30.1 Å². The molecule has 0 aliphatic carbocycles. The Morgan fingerprint density at radius 1 is 1.47 bits per heavy atom. The predicted octanol–water partition coefficient (Wildman–Crippen LogP) is 0.314. The van der Waals surface area contributed by atoms with Crippen molar-refractivity contribution in [2.45, 2.75) is 25.8 Å². The largest absolute Gasteiger partial charge is 0.395 e. The Balaban J connectivity index is 2.50. The Labute approximate surface area is 102 Å². The van der Waals surface area contributed by atoms with Crippen molar-refractivity contribution in [3.63, 3.8) is 0 Å². The average Bonchev–Trinajstić information content (AvgIpc) is 2.35. The second kappa shape index (κ2) is 6.68. The summed E-state index contributed by atoms with van der Waals surface area (Å²) in [5.74, 6) is -0.0134. The molecule has 5 nitrogen and oxygen atoms in total. The number of nitrogens with zero attached hydrogens (tertiary/aromatic N) is 1. The van der Waals surface area contributed by atoms with Gasteiger partial charge in [-0.05, 0) is 18.6 Å². The fraction of sp³-hybridized carbons (Fsp3) is 0.545. The van der Waals surface area contributed by atoms with Crippen molar-refractivity contribution < 1.29 is 13.5 Å². The van der Waals surface area contributed by atoms with Gasteiger partial charge < -0.3 is 5.11 Å². The molecule has 6 heteroatoms. The van der Waals surface area contributed by atoms with Crippen LogP contribution in [0, 0.1) is 0 Å². The number of aromatic nitrogens is 1. The lowest BCUT2D eigenvalue weighted by molar-refractivity contribution is 0.254. The predicted molar refractivity (Wildman–Crippen MR) is 66.0 cm³/mol.